The molecule has 0 fully saturated rings. The minimum absolute atomic E-state index is 0.144. The van der Waals surface area contributed by atoms with E-state index in [9.17, 15) is 4.79 Å². The van der Waals surface area contributed by atoms with E-state index in [1.54, 1.807) is 28.9 Å². The predicted octanol–water partition coefficient (Wildman–Crippen LogP) is 3.08. The summed E-state index contributed by atoms with van der Waals surface area (Å²) < 4.78 is 1.79. The minimum Gasteiger partial charge on any atom is -0.367 e. The number of aryl methyl sites for hydroxylation is 1. The van der Waals surface area contributed by atoms with Gasteiger partial charge < -0.3 is 10.6 Å². The fourth-order valence-corrected chi connectivity index (χ4v) is 2.67. The molecular formula is C19H21ClN6O. The maximum absolute atomic E-state index is 12.0. The first-order chi connectivity index (χ1) is 13.0. The molecule has 0 bridgehead atoms. The Morgan fingerprint density at radius 1 is 1.04 bits per heavy atom. The van der Waals surface area contributed by atoms with Crippen molar-refractivity contribution in [3.63, 3.8) is 0 Å². The summed E-state index contributed by atoms with van der Waals surface area (Å²) in [5.41, 5.74) is 3.75. The average Bonchev–Trinajstić information content (AvgIpc) is 2.93. The Balaban J connectivity index is 1.51. The van der Waals surface area contributed by atoms with Gasteiger partial charge in [-0.3, -0.25) is 4.79 Å². The van der Waals surface area contributed by atoms with E-state index in [0.29, 0.717) is 35.3 Å². The third-order valence-electron chi connectivity index (χ3n) is 4.34. The standard InChI is InChI=1S/C19H21ClN6O/c1-12-13(2)25-26(14(12)3)18-9-8-17(23-24-18)21-10-11-22-19(27)15-4-6-16(20)7-5-15/h4-9H,10-11H2,1-3H3,(H,21,23)(H,22,27). The van der Waals surface area contributed by atoms with E-state index in [1.165, 1.54) is 0 Å². The smallest absolute Gasteiger partial charge is 0.251 e. The number of nitrogens with one attached hydrogen (secondary N) is 2. The van der Waals surface area contributed by atoms with Gasteiger partial charge in [0, 0.05) is 29.4 Å². The zero-order chi connectivity index (χ0) is 19.4. The lowest BCUT2D eigenvalue weighted by molar-refractivity contribution is 0.0955. The number of nitrogens with zero attached hydrogens (tertiary/aromatic N) is 4. The highest BCUT2D eigenvalue weighted by molar-refractivity contribution is 6.30. The molecule has 8 heteroatoms. The number of anilines is 1. The van der Waals surface area contributed by atoms with Crippen molar-refractivity contribution < 1.29 is 4.79 Å². The van der Waals surface area contributed by atoms with E-state index in [2.05, 4.69) is 25.9 Å². The lowest BCUT2D eigenvalue weighted by atomic mass is 10.2. The van der Waals surface area contributed by atoms with Gasteiger partial charge in [-0.15, -0.1) is 10.2 Å². The molecule has 0 spiro atoms. The molecule has 0 radical (unpaired) electrons. The van der Waals surface area contributed by atoms with Gasteiger partial charge in [-0.25, -0.2) is 4.68 Å². The molecule has 27 heavy (non-hydrogen) atoms. The molecule has 3 aromatic rings. The number of amides is 1. The van der Waals surface area contributed by atoms with Gasteiger partial charge >= 0.3 is 0 Å². The summed E-state index contributed by atoms with van der Waals surface area (Å²) in [5.74, 6) is 1.16. The molecule has 0 atom stereocenters. The molecule has 2 aromatic heterocycles. The summed E-state index contributed by atoms with van der Waals surface area (Å²) in [4.78, 5) is 12.0. The molecule has 0 saturated carbocycles. The molecule has 2 N–H and O–H groups in total. The first kappa shape index (κ1) is 18.8. The monoisotopic (exact) mass is 384 g/mol. The molecular weight excluding hydrogens is 364 g/mol. The molecule has 2 heterocycles. The third kappa shape index (κ3) is 4.43. The van der Waals surface area contributed by atoms with Crippen LogP contribution in [-0.2, 0) is 0 Å². The Labute approximate surface area is 162 Å². The van der Waals surface area contributed by atoms with Crippen LogP contribution in [0.3, 0.4) is 0 Å². The molecule has 0 saturated heterocycles. The van der Waals surface area contributed by atoms with Crippen molar-refractivity contribution in [2.45, 2.75) is 20.8 Å². The molecule has 3 rings (SSSR count). The molecule has 1 amide bonds. The number of hydrogen-bond acceptors (Lipinski definition) is 5. The second-order valence-corrected chi connectivity index (χ2v) is 6.61. The molecule has 140 valence electrons. The Morgan fingerprint density at radius 3 is 2.37 bits per heavy atom. The molecule has 7 nitrogen and oxygen atoms in total. The van der Waals surface area contributed by atoms with E-state index in [0.717, 1.165) is 17.0 Å². The Morgan fingerprint density at radius 2 is 1.78 bits per heavy atom. The zero-order valence-corrected chi connectivity index (χ0v) is 16.2. The van der Waals surface area contributed by atoms with Gasteiger partial charge in [0.05, 0.1) is 5.69 Å². The number of benzene rings is 1. The van der Waals surface area contributed by atoms with Crippen molar-refractivity contribution in [3.8, 4) is 5.82 Å². The van der Waals surface area contributed by atoms with E-state index in [4.69, 9.17) is 11.6 Å². The number of carbonyl (C=O) groups excluding carboxylic acids is 1. The van der Waals surface area contributed by atoms with Gasteiger partial charge in [-0.1, -0.05) is 11.6 Å². The van der Waals surface area contributed by atoms with Crippen LogP contribution in [0.5, 0.6) is 0 Å². The molecule has 0 aliphatic heterocycles. The molecule has 1 aromatic carbocycles. The van der Waals surface area contributed by atoms with Crippen LogP contribution in [0.4, 0.5) is 5.82 Å². The molecule has 0 aliphatic carbocycles. The highest BCUT2D eigenvalue weighted by atomic mass is 35.5. The van der Waals surface area contributed by atoms with Crippen LogP contribution in [0.15, 0.2) is 36.4 Å². The van der Waals surface area contributed by atoms with Crippen LogP contribution in [0.2, 0.25) is 5.02 Å². The highest BCUT2D eigenvalue weighted by Gasteiger charge is 2.10. The van der Waals surface area contributed by atoms with Crippen molar-refractivity contribution in [2.75, 3.05) is 18.4 Å². The van der Waals surface area contributed by atoms with Gasteiger partial charge in [0.1, 0.15) is 5.82 Å². The SMILES string of the molecule is Cc1nn(-c2ccc(NCCNC(=O)c3ccc(Cl)cc3)nn2)c(C)c1C. The Hall–Kier alpha value is -2.93. The van der Waals surface area contributed by atoms with Gasteiger partial charge in [0.2, 0.25) is 0 Å². The van der Waals surface area contributed by atoms with E-state index < -0.39 is 0 Å². The Kier molecular flexibility index (Phi) is 5.71. The third-order valence-corrected chi connectivity index (χ3v) is 4.60. The van der Waals surface area contributed by atoms with Crippen LogP contribution in [0.1, 0.15) is 27.3 Å². The van der Waals surface area contributed by atoms with Crippen LogP contribution >= 0.6 is 11.6 Å². The van der Waals surface area contributed by atoms with E-state index in [1.807, 2.05) is 32.9 Å². The number of rotatable bonds is 6. The lowest BCUT2D eigenvalue weighted by Crippen LogP contribution is -2.28. The van der Waals surface area contributed by atoms with Gasteiger partial charge in [-0.2, -0.15) is 5.10 Å². The number of halogens is 1. The first-order valence-corrected chi connectivity index (χ1v) is 8.98. The predicted molar refractivity (Wildman–Crippen MR) is 106 cm³/mol. The fourth-order valence-electron chi connectivity index (χ4n) is 2.55. The van der Waals surface area contributed by atoms with Gasteiger partial charge in [0.15, 0.2) is 5.82 Å². The van der Waals surface area contributed by atoms with Crippen molar-refractivity contribution in [3.05, 3.63) is 63.9 Å². The largest absolute Gasteiger partial charge is 0.367 e. The minimum atomic E-state index is -0.144. The maximum Gasteiger partial charge on any atom is 0.251 e. The summed E-state index contributed by atoms with van der Waals surface area (Å²) >= 11 is 5.82. The van der Waals surface area contributed by atoms with Crippen molar-refractivity contribution in [2.24, 2.45) is 0 Å². The summed E-state index contributed by atoms with van der Waals surface area (Å²) in [6.07, 6.45) is 0. The van der Waals surface area contributed by atoms with Crippen molar-refractivity contribution in [1.29, 1.82) is 0 Å². The van der Waals surface area contributed by atoms with Crippen LogP contribution in [-0.4, -0.2) is 39.0 Å². The van der Waals surface area contributed by atoms with E-state index in [-0.39, 0.29) is 5.91 Å². The van der Waals surface area contributed by atoms with Gasteiger partial charge in [0.25, 0.3) is 5.91 Å². The van der Waals surface area contributed by atoms with Crippen LogP contribution < -0.4 is 10.6 Å². The number of hydrogen-bond donors (Lipinski definition) is 2. The Bertz CT molecular complexity index is 934. The lowest BCUT2D eigenvalue weighted by Gasteiger charge is -2.08. The fraction of sp³-hybridized carbons (Fsp3) is 0.263. The second-order valence-electron chi connectivity index (χ2n) is 6.17. The summed E-state index contributed by atoms with van der Waals surface area (Å²) in [5, 5.41) is 19.4. The number of carbonyl (C=O) groups is 1. The summed E-state index contributed by atoms with van der Waals surface area (Å²) in [6, 6.07) is 10.5. The quantitative estimate of drug-likeness (QED) is 0.638. The van der Waals surface area contributed by atoms with Crippen LogP contribution in [0, 0.1) is 20.8 Å². The van der Waals surface area contributed by atoms with Crippen molar-refractivity contribution in [1.82, 2.24) is 25.3 Å². The summed E-state index contributed by atoms with van der Waals surface area (Å²) in [7, 11) is 0. The van der Waals surface area contributed by atoms with Crippen molar-refractivity contribution >= 4 is 23.3 Å². The second kappa shape index (κ2) is 8.18. The highest BCUT2D eigenvalue weighted by Crippen LogP contribution is 2.15. The zero-order valence-electron chi connectivity index (χ0n) is 15.5. The normalized spacial score (nSPS) is 10.7. The molecule has 0 unspecified atom stereocenters. The van der Waals surface area contributed by atoms with Gasteiger partial charge in [-0.05, 0) is 62.7 Å². The topological polar surface area (TPSA) is 84.7 Å². The molecule has 0 aliphatic rings. The summed E-state index contributed by atoms with van der Waals surface area (Å²) in [6.45, 7) is 7.01. The first-order valence-electron chi connectivity index (χ1n) is 8.60. The van der Waals surface area contributed by atoms with Crippen LogP contribution in [0.25, 0.3) is 5.82 Å². The maximum atomic E-state index is 12.0. The average molecular weight is 385 g/mol. The van der Waals surface area contributed by atoms with E-state index >= 15 is 0 Å². The number of aromatic nitrogens is 4.